The number of rotatable bonds is 10. The number of nitrogens with one attached hydrogen (secondary N) is 2. The number of benzene rings is 1. The molecular formula is C20H34ClN3O4. The Morgan fingerprint density at radius 3 is 2.25 bits per heavy atom. The third kappa shape index (κ3) is 7.04. The zero-order chi connectivity index (χ0) is 19.6. The molecule has 1 fully saturated rings. The second-order valence-electron chi connectivity index (χ2n) is 6.91. The van der Waals surface area contributed by atoms with E-state index in [9.17, 15) is 4.79 Å². The molecule has 1 aliphatic rings. The molecule has 8 heteroatoms. The topological polar surface area (TPSA) is 72.1 Å². The van der Waals surface area contributed by atoms with Crippen LogP contribution in [0, 0.1) is 5.92 Å². The highest BCUT2D eigenvalue weighted by molar-refractivity contribution is 5.85. The van der Waals surface area contributed by atoms with Crippen LogP contribution >= 0.6 is 12.4 Å². The number of carbonyl (C=O) groups excluding carboxylic acids is 1. The molecule has 0 aromatic heterocycles. The molecule has 0 saturated carbocycles. The minimum absolute atomic E-state index is 0. The zero-order valence-corrected chi connectivity index (χ0v) is 18.2. The first-order valence-corrected chi connectivity index (χ1v) is 9.53. The lowest BCUT2D eigenvalue weighted by molar-refractivity contribution is -0.122. The van der Waals surface area contributed by atoms with E-state index in [0.29, 0.717) is 30.3 Å². The molecule has 160 valence electrons. The maximum Gasteiger partial charge on any atom is 0.234 e. The normalized spacial score (nSPS) is 14.9. The summed E-state index contributed by atoms with van der Waals surface area (Å²) < 4.78 is 16.0. The standard InChI is InChI=1S/C20H33N3O4.ClH/c1-21-8-5-15-6-9-23(10-7-15)14-20(24)22-13-16-11-18(26-3)19(27-4)12-17(16)25-2;/h11-12,15,21H,5-10,13-14H2,1-4H3,(H,22,24);1H. The van der Waals surface area contributed by atoms with E-state index in [1.54, 1.807) is 27.4 Å². The van der Waals surface area contributed by atoms with E-state index in [-0.39, 0.29) is 18.3 Å². The second kappa shape index (κ2) is 12.7. The van der Waals surface area contributed by atoms with Crippen molar-refractivity contribution in [3.8, 4) is 17.2 Å². The number of nitrogens with zero attached hydrogens (tertiary/aromatic N) is 1. The Morgan fingerprint density at radius 1 is 1.07 bits per heavy atom. The van der Waals surface area contributed by atoms with Gasteiger partial charge in [-0.2, -0.15) is 0 Å². The predicted octanol–water partition coefficient (Wildman–Crippen LogP) is 2.07. The Bertz CT molecular complexity index is 607. The van der Waals surface area contributed by atoms with Crippen molar-refractivity contribution in [3.63, 3.8) is 0 Å². The summed E-state index contributed by atoms with van der Waals surface area (Å²) in [6, 6.07) is 3.61. The Balaban J connectivity index is 0.00000392. The first kappa shape index (κ1) is 24.3. The van der Waals surface area contributed by atoms with Gasteiger partial charge in [0, 0.05) is 18.2 Å². The van der Waals surface area contributed by atoms with Crippen LogP contribution in [0.25, 0.3) is 0 Å². The van der Waals surface area contributed by atoms with Gasteiger partial charge in [-0.05, 0) is 57.9 Å². The monoisotopic (exact) mass is 415 g/mol. The zero-order valence-electron chi connectivity index (χ0n) is 17.4. The van der Waals surface area contributed by atoms with Crippen molar-refractivity contribution in [1.82, 2.24) is 15.5 Å². The maximum absolute atomic E-state index is 12.4. The quantitative estimate of drug-likeness (QED) is 0.609. The summed E-state index contributed by atoms with van der Waals surface area (Å²) in [7, 11) is 6.77. The van der Waals surface area contributed by atoms with E-state index in [2.05, 4.69) is 15.5 Å². The van der Waals surface area contributed by atoms with Crippen LogP contribution < -0.4 is 24.8 Å². The molecule has 1 aliphatic heterocycles. The van der Waals surface area contributed by atoms with Gasteiger partial charge in [0.1, 0.15) is 5.75 Å². The molecule has 1 aromatic rings. The molecular weight excluding hydrogens is 382 g/mol. The molecule has 0 spiro atoms. The molecule has 1 saturated heterocycles. The summed E-state index contributed by atoms with van der Waals surface area (Å²) in [5.41, 5.74) is 0.856. The van der Waals surface area contributed by atoms with Crippen LogP contribution in [0.1, 0.15) is 24.8 Å². The summed E-state index contributed by atoms with van der Waals surface area (Å²) in [6.07, 6.45) is 3.55. The van der Waals surface area contributed by atoms with E-state index < -0.39 is 0 Å². The molecule has 1 amide bonds. The lowest BCUT2D eigenvalue weighted by Gasteiger charge is -2.31. The van der Waals surface area contributed by atoms with Gasteiger partial charge < -0.3 is 24.8 Å². The van der Waals surface area contributed by atoms with Crippen molar-refractivity contribution in [2.45, 2.75) is 25.8 Å². The van der Waals surface area contributed by atoms with Crippen molar-refractivity contribution in [2.75, 3.05) is 54.6 Å². The summed E-state index contributed by atoms with van der Waals surface area (Å²) in [5, 5.41) is 6.20. The Labute approximate surface area is 174 Å². The summed E-state index contributed by atoms with van der Waals surface area (Å²) in [5.74, 6) is 2.68. The highest BCUT2D eigenvalue weighted by Gasteiger charge is 2.20. The average molecular weight is 416 g/mol. The van der Waals surface area contributed by atoms with E-state index in [1.165, 1.54) is 19.3 Å². The SMILES string of the molecule is CNCCC1CCN(CC(=O)NCc2cc(OC)c(OC)cc2OC)CC1.Cl. The first-order valence-electron chi connectivity index (χ1n) is 9.53. The minimum atomic E-state index is 0. The number of carbonyl (C=O) groups is 1. The number of hydrogen-bond acceptors (Lipinski definition) is 6. The number of likely N-dealkylation sites (tertiary alicyclic amines) is 1. The molecule has 2 rings (SSSR count). The molecule has 0 unspecified atom stereocenters. The molecule has 0 atom stereocenters. The molecule has 1 heterocycles. The van der Waals surface area contributed by atoms with Crippen LogP contribution in [0.15, 0.2) is 12.1 Å². The van der Waals surface area contributed by atoms with Gasteiger partial charge in [-0.25, -0.2) is 0 Å². The minimum Gasteiger partial charge on any atom is -0.496 e. The van der Waals surface area contributed by atoms with Crippen LogP contribution in [0.5, 0.6) is 17.2 Å². The van der Waals surface area contributed by atoms with Gasteiger partial charge in [0.15, 0.2) is 11.5 Å². The summed E-state index contributed by atoms with van der Waals surface area (Å²) >= 11 is 0. The first-order chi connectivity index (χ1) is 13.1. The van der Waals surface area contributed by atoms with Gasteiger partial charge in [0.2, 0.25) is 5.91 Å². The number of piperidine rings is 1. The Hall–Kier alpha value is -1.70. The second-order valence-corrected chi connectivity index (χ2v) is 6.91. The van der Waals surface area contributed by atoms with Crippen molar-refractivity contribution in [3.05, 3.63) is 17.7 Å². The highest BCUT2D eigenvalue weighted by atomic mass is 35.5. The number of halogens is 1. The molecule has 7 nitrogen and oxygen atoms in total. The molecule has 0 bridgehead atoms. The van der Waals surface area contributed by atoms with E-state index in [4.69, 9.17) is 14.2 Å². The fourth-order valence-corrected chi connectivity index (χ4v) is 3.47. The lowest BCUT2D eigenvalue weighted by atomic mass is 9.93. The van der Waals surface area contributed by atoms with Gasteiger partial charge in [0.25, 0.3) is 0 Å². The Kier molecular flexibility index (Phi) is 11.0. The van der Waals surface area contributed by atoms with E-state index >= 15 is 0 Å². The number of ether oxygens (including phenoxy) is 3. The maximum atomic E-state index is 12.4. The van der Waals surface area contributed by atoms with Gasteiger partial charge in [-0.1, -0.05) is 0 Å². The van der Waals surface area contributed by atoms with Crippen LogP contribution in [-0.4, -0.2) is 65.4 Å². The fourth-order valence-electron chi connectivity index (χ4n) is 3.47. The predicted molar refractivity (Wildman–Crippen MR) is 113 cm³/mol. The molecule has 1 aromatic carbocycles. The van der Waals surface area contributed by atoms with Crippen molar-refractivity contribution in [2.24, 2.45) is 5.92 Å². The van der Waals surface area contributed by atoms with Crippen LogP contribution in [0.2, 0.25) is 0 Å². The van der Waals surface area contributed by atoms with Gasteiger partial charge in [0.05, 0.1) is 27.9 Å². The fraction of sp³-hybridized carbons (Fsp3) is 0.650. The van der Waals surface area contributed by atoms with Crippen molar-refractivity contribution >= 4 is 18.3 Å². The third-order valence-electron chi connectivity index (χ3n) is 5.14. The van der Waals surface area contributed by atoms with Crippen LogP contribution in [-0.2, 0) is 11.3 Å². The third-order valence-corrected chi connectivity index (χ3v) is 5.14. The molecule has 2 N–H and O–H groups in total. The number of methoxy groups -OCH3 is 3. The smallest absolute Gasteiger partial charge is 0.234 e. The van der Waals surface area contributed by atoms with Crippen LogP contribution in [0.4, 0.5) is 0 Å². The van der Waals surface area contributed by atoms with E-state index in [1.807, 2.05) is 13.1 Å². The molecule has 28 heavy (non-hydrogen) atoms. The molecule has 0 radical (unpaired) electrons. The van der Waals surface area contributed by atoms with Gasteiger partial charge >= 0.3 is 0 Å². The number of hydrogen-bond donors (Lipinski definition) is 2. The summed E-state index contributed by atoms with van der Waals surface area (Å²) in [4.78, 5) is 14.6. The van der Waals surface area contributed by atoms with Crippen molar-refractivity contribution in [1.29, 1.82) is 0 Å². The van der Waals surface area contributed by atoms with Crippen molar-refractivity contribution < 1.29 is 19.0 Å². The Morgan fingerprint density at radius 2 is 1.68 bits per heavy atom. The van der Waals surface area contributed by atoms with E-state index in [0.717, 1.165) is 31.1 Å². The molecule has 0 aliphatic carbocycles. The largest absolute Gasteiger partial charge is 0.496 e. The van der Waals surface area contributed by atoms with Gasteiger partial charge in [-0.15, -0.1) is 12.4 Å². The summed E-state index contributed by atoms with van der Waals surface area (Å²) in [6.45, 7) is 3.87. The number of amides is 1. The average Bonchev–Trinajstić information content (AvgIpc) is 2.70. The highest BCUT2D eigenvalue weighted by Crippen LogP contribution is 2.34. The van der Waals surface area contributed by atoms with Gasteiger partial charge in [-0.3, -0.25) is 9.69 Å². The van der Waals surface area contributed by atoms with Crippen LogP contribution in [0.3, 0.4) is 0 Å². The lowest BCUT2D eigenvalue weighted by Crippen LogP contribution is -2.41.